The highest BCUT2D eigenvalue weighted by molar-refractivity contribution is 7.66. The van der Waals surface area contributed by atoms with Crippen LogP contribution in [-0.4, -0.2) is 79.7 Å². The number of aliphatic hydroxyl groups is 2. The third-order valence-electron chi connectivity index (χ3n) is 4.10. The number of nitrogens with zero attached hydrogens (tertiary/aromatic N) is 4. The predicted octanol–water partition coefficient (Wildman–Crippen LogP) is -2.43. The van der Waals surface area contributed by atoms with Crippen molar-refractivity contribution in [1.82, 2.24) is 25.0 Å². The number of aliphatic hydroxyl groups excluding tert-OH is 2. The van der Waals surface area contributed by atoms with Crippen molar-refractivity contribution in [3.63, 3.8) is 0 Å². The highest BCUT2D eigenvalue weighted by atomic mass is 31.3. The summed E-state index contributed by atoms with van der Waals surface area (Å²) in [5.74, 6) is -0.229. The summed E-state index contributed by atoms with van der Waals surface area (Å²) in [6.45, 7) is -1.06. The van der Waals surface area contributed by atoms with E-state index in [1.54, 1.807) is 0 Å². The van der Waals surface area contributed by atoms with Crippen LogP contribution in [0.5, 0.6) is 0 Å². The van der Waals surface area contributed by atoms with Crippen LogP contribution in [0.3, 0.4) is 0 Å². The van der Waals surface area contributed by atoms with Crippen LogP contribution in [0.1, 0.15) is 6.23 Å². The molecule has 1 saturated heterocycles. The molecule has 0 spiro atoms. The van der Waals surface area contributed by atoms with Gasteiger partial charge in [0.1, 0.15) is 29.8 Å². The number of ether oxygens (including phenoxy) is 1. The highest BCUT2D eigenvalue weighted by Crippen LogP contribution is 2.66. The fourth-order valence-corrected chi connectivity index (χ4v) is 5.79. The summed E-state index contributed by atoms with van der Waals surface area (Å²) in [6, 6.07) is 0. The molecule has 3 unspecified atom stereocenters. The second kappa shape index (κ2) is 9.63. The zero-order valence-electron chi connectivity index (χ0n) is 16.3. The molecule has 23 heteroatoms. The number of hydrogen-bond donors (Lipinski definition) is 8. The molecular formula is C11H17N6O14P3. The monoisotopic (exact) mass is 550 g/mol. The summed E-state index contributed by atoms with van der Waals surface area (Å²) in [5.41, 5.74) is 4.98. The van der Waals surface area contributed by atoms with E-state index in [1.165, 1.54) is 6.20 Å². The van der Waals surface area contributed by atoms with Crippen LogP contribution in [0.25, 0.3) is 11.3 Å². The van der Waals surface area contributed by atoms with E-state index in [-0.39, 0.29) is 17.1 Å². The number of aromatic amines is 1. The van der Waals surface area contributed by atoms with Crippen LogP contribution in [0, 0.1) is 0 Å². The van der Waals surface area contributed by atoms with Crippen LogP contribution in [-0.2, 0) is 31.6 Å². The molecule has 0 aromatic carbocycles. The molecule has 6 atom stereocenters. The second-order valence-corrected chi connectivity index (χ2v) is 10.9. The summed E-state index contributed by atoms with van der Waals surface area (Å²) in [7, 11) is -16.9. The third kappa shape index (κ3) is 6.41. The molecule has 0 bridgehead atoms. The SMILES string of the molecule is Nc1nc(=O)n([C@@H]2O[C@H](COP(=O)(O)OP(=O)(O)OP(=O)(O)O)C(O)[C@@H]2O)cc1-c1cn[nH]n1. The Kier molecular flexibility index (Phi) is 7.57. The standard InChI is InChI=1S/C11H17N6O14P3/c12-9-4(5-1-13-16-15-5)2-17(11(20)14-9)10-8(19)7(18)6(29-10)3-28-33(24,25)31-34(26,27)30-32(21,22)23/h1-2,6-8,10,18-19H,3H2,(H,24,25)(H,26,27)(H2,12,14,20)(H,13,15,16)(H2,21,22,23)/t6-,7?,8+,10-/m1/s1. The zero-order chi connectivity index (χ0) is 25.5. The van der Waals surface area contributed by atoms with Gasteiger partial charge >= 0.3 is 29.2 Å². The summed E-state index contributed by atoms with van der Waals surface area (Å²) < 4.78 is 51.4. The van der Waals surface area contributed by atoms with Gasteiger partial charge in [-0.15, -0.1) is 0 Å². The van der Waals surface area contributed by atoms with Gasteiger partial charge in [0.15, 0.2) is 6.23 Å². The molecule has 2 aromatic heterocycles. The van der Waals surface area contributed by atoms with E-state index in [2.05, 4.69) is 33.5 Å². The van der Waals surface area contributed by atoms with Gasteiger partial charge in [-0.25, -0.2) is 18.5 Å². The van der Waals surface area contributed by atoms with Gasteiger partial charge in [0.05, 0.1) is 18.4 Å². The third-order valence-corrected chi connectivity index (χ3v) is 7.90. The molecule has 190 valence electrons. The van der Waals surface area contributed by atoms with Crippen LogP contribution >= 0.6 is 23.5 Å². The largest absolute Gasteiger partial charge is 0.490 e. The van der Waals surface area contributed by atoms with E-state index >= 15 is 0 Å². The topological polar surface area (TPSA) is 312 Å². The molecular weight excluding hydrogens is 533 g/mol. The maximum atomic E-state index is 12.3. The Morgan fingerprint density at radius 2 is 1.79 bits per heavy atom. The van der Waals surface area contributed by atoms with E-state index in [0.717, 1.165) is 10.8 Å². The van der Waals surface area contributed by atoms with E-state index in [1.807, 2.05) is 0 Å². The Balaban J connectivity index is 1.74. The summed E-state index contributed by atoms with van der Waals surface area (Å²) in [5, 5.41) is 30.2. The number of nitrogens with one attached hydrogen (secondary N) is 1. The molecule has 3 rings (SSSR count). The van der Waals surface area contributed by atoms with Crippen molar-refractivity contribution in [2.45, 2.75) is 24.5 Å². The minimum atomic E-state index is -5.76. The summed E-state index contributed by atoms with van der Waals surface area (Å²) >= 11 is 0. The van der Waals surface area contributed by atoms with E-state index < -0.39 is 60.3 Å². The van der Waals surface area contributed by atoms with Gasteiger partial charge in [0.25, 0.3) is 0 Å². The van der Waals surface area contributed by atoms with Crippen molar-refractivity contribution in [3.05, 3.63) is 22.9 Å². The van der Waals surface area contributed by atoms with Crippen molar-refractivity contribution in [3.8, 4) is 11.3 Å². The number of rotatable bonds is 9. The highest BCUT2D eigenvalue weighted by Gasteiger charge is 2.47. The lowest BCUT2D eigenvalue weighted by Crippen LogP contribution is -2.36. The fraction of sp³-hybridized carbons (Fsp3) is 0.455. The fourth-order valence-electron chi connectivity index (χ4n) is 2.76. The molecule has 0 radical (unpaired) electrons. The van der Waals surface area contributed by atoms with Crippen molar-refractivity contribution >= 4 is 29.3 Å². The average Bonchev–Trinajstić information content (AvgIpc) is 3.28. The number of phosphoric ester groups is 1. The van der Waals surface area contributed by atoms with Crippen LogP contribution in [0.2, 0.25) is 0 Å². The van der Waals surface area contributed by atoms with Gasteiger partial charge in [-0.3, -0.25) is 9.09 Å². The van der Waals surface area contributed by atoms with Gasteiger partial charge in [-0.2, -0.15) is 29.0 Å². The first-order valence-electron chi connectivity index (χ1n) is 8.63. The number of nitrogen functional groups attached to an aromatic ring is 1. The molecule has 3 heterocycles. The van der Waals surface area contributed by atoms with Crippen molar-refractivity contribution in [2.75, 3.05) is 12.3 Å². The van der Waals surface area contributed by atoms with Crippen molar-refractivity contribution in [2.24, 2.45) is 0 Å². The van der Waals surface area contributed by atoms with Crippen molar-refractivity contribution < 1.29 is 61.4 Å². The molecule has 34 heavy (non-hydrogen) atoms. The van der Waals surface area contributed by atoms with E-state index in [9.17, 15) is 33.6 Å². The molecule has 1 aliphatic heterocycles. The Morgan fingerprint density at radius 1 is 1.12 bits per heavy atom. The summed E-state index contributed by atoms with van der Waals surface area (Å²) in [6.07, 6.45) is -4.47. The number of hydrogen-bond acceptors (Lipinski definition) is 14. The minimum absolute atomic E-state index is 0.107. The lowest BCUT2D eigenvalue weighted by molar-refractivity contribution is -0.0540. The molecule has 2 aromatic rings. The van der Waals surface area contributed by atoms with Gasteiger partial charge < -0.3 is 40.3 Å². The van der Waals surface area contributed by atoms with Crippen LogP contribution in [0.15, 0.2) is 17.2 Å². The minimum Gasteiger partial charge on any atom is -0.387 e. The maximum Gasteiger partial charge on any atom is 0.490 e. The first-order chi connectivity index (χ1) is 15.6. The molecule has 20 nitrogen and oxygen atoms in total. The number of phosphoric acid groups is 3. The smallest absolute Gasteiger partial charge is 0.387 e. The van der Waals surface area contributed by atoms with Gasteiger partial charge in [0, 0.05) is 6.20 Å². The van der Waals surface area contributed by atoms with E-state index in [0.29, 0.717) is 0 Å². The number of anilines is 1. The Bertz CT molecular complexity index is 1230. The lowest BCUT2D eigenvalue weighted by Gasteiger charge is -2.19. The van der Waals surface area contributed by atoms with Crippen LogP contribution in [0.4, 0.5) is 5.82 Å². The maximum absolute atomic E-state index is 12.3. The molecule has 0 amide bonds. The molecule has 1 aliphatic rings. The summed E-state index contributed by atoms with van der Waals surface area (Å²) in [4.78, 5) is 51.5. The first-order valence-corrected chi connectivity index (χ1v) is 13.2. The molecule has 0 aliphatic carbocycles. The van der Waals surface area contributed by atoms with Crippen LogP contribution < -0.4 is 11.4 Å². The first kappa shape index (κ1) is 26.7. The lowest BCUT2D eigenvalue weighted by atomic mass is 10.1. The Hall–Kier alpha value is -1.89. The van der Waals surface area contributed by atoms with Gasteiger partial charge in [0.2, 0.25) is 0 Å². The molecule has 0 saturated carbocycles. The Morgan fingerprint density at radius 3 is 2.38 bits per heavy atom. The zero-order valence-corrected chi connectivity index (χ0v) is 19.0. The molecule has 9 N–H and O–H groups in total. The normalized spacial score (nSPS) is 26.8. The van der Waals surface area contributed by atoms with E-state index in [4.69, 9.17) is 25.2 Å². The number of aromatic nitrogens is 5. The number of H-pyrrole nitrogens is 1. The predicted molar refractivity (Wildman–Crippen MR) is 104 cm³/mol. The quantitative estimate of drug-likeness (QED) is 0.150. The second-order valence-electron chi connectivity index (χ2n) is 6.52. The number of nitrogens with two attached hydrogens (primary N) is 1. The average molecular weight is 550 g/mol. The Labute approximate surface area is 187 Å². The van der Waals surface area contributed by atoms with Gasteiger partial charge in [-0.1, -0.05) is 0 Å². The van der Waals surface area contributed by atoms with Crippen molar-refractivity contribution in [1.29, 1.82) is 0 Å². The molecule has 1 fully saturated rings. The van der Waals surface area contributed by atoms with Gasteiger partial charge in [-0.05, 0) is 0 Å².